The zero-order chi connectivity index (χ0) is 15.1. The van der Waals surface area contributed by atoms with E-state index in [1.807, 2.05) is 42.5 Å². The summed E-state index contributed by atoms with van der Waals surface area (Å²) in [6.45, 7) is 0.438. The number of anilines is 1. The topological polar surface area (TPSA) is 76.7 Å². The van der Waals surface area contributed by atoms with Crippen molar-refractivity contribution in [3.05, 3.63) is 65.7 Å². The van der Waals surface area contributed by atoms with E-state index in [-0.39, 0.29) is 5.97 Å². The van der Waals surface area contributed by atoms with Crippen LogP contribution >= 0.6 is 0 Å². The smallest absolute Gasteiger partial charge is 0.337 e. The fourth-order valence-corrected chi connectivity index (χ4v) is 1.75. The minimum Gasteiger partial charge on any atom is -0.465 e. The second-order valence-corrected chi connectivity index (χ2v) is 4.38. The number of methoxy groups -OCH3 is 1. The van der Waals surface area contributed by atoms with Crippen LogP contribution in [0.2, 0.25) is 0 Å². The first-order chi connectivity index (χ1) is 10.2. The van der Waals surface area contributed by atoms with E-state index in [1.54, 1.807) is 12.1 Å². The molecule has 0 aliphatic rings. The van der Waals surface area contributed by atoms with Crippen LogP contribution in [0.4, 0.5) is 5.69 Å². The summed E-state index contributed by atoms with van der Waals surface area (Å²) in [5, 5.41) is 3.00. The minimum atomic E-state index is -0.352. The Bertz CT molecular complexity index is 622. The van der Waals surface area contributed by atoms with Gasteiger partial charge in [-0.1, -0.05) is 30.3 Å². The number of guanidine groups is 1. The molecule has 0 aromatic heterocycles. The van der Waals surface area contributed by atoms with E-state index >= 15 is 0 Å². The molecule has 2 aromatic rings. The standard InChI is InChI=1S/C16H17N3O2/c1-21-15(20)13-9-7-12(8-10-13)11-18-16(17)19-14-5-3-2-4-6-14/h2-10H,11H2,1H3,(H3,17,18,19). The zero-order valence-electron chi connectivity index (χ0n) is 11.7. The summed E-state index contributed by atoms with van der Waals surface area (Å²) in [5.74, 6) is -0.00597. The summed E-state index contributed by atoms with van der Waals surface area (Å²) in [4.78, 5) is 15.6. The van der Waals surface area contributed by atoms with Crippen LogP contribution in [0.25, 0.3) is 0 Å². The van der Waals surface area contributed by atoms with Crippen molar-refractivity contribution in [2.75, 3.05) is 12.4 Å². The number of carbonyl (C=O) groups excluding carboxylic acids is 1. The molecule has 108 valence electrons. The normalized spacial score (nSPS) is 11.0. The Labute approximate surface area is 123 Å². The molecule has 0 spiro atoms. The van der Waals surface area contributed by atoms with Crippen LogP contribution in [0.1, 0.15) is 15.9 Å². The number of nitrogens with zero attached hydrogens (tertiary/aromatic N) is 1. The Morgan fingerprint density at radius 3 is 2.43 bits per heavy atom. The van der Waals surface area contributed by atoms with E-state index in [1.165, 1.54) is 7.11 Å². The molecule has 0 unspecified atom stereocenters. The number of para-hydroxylation sites is 1. The van der Waals surface area contributed by atoms with Crippen LogP contribution in [0.3, 0.4) is 0 Å². The van der Waals surface area contributed by atoms with Gasteiger partial charge in [0.2, 0.25) is 0 Å². The fourth-order valence-electron chi connectivity index (χ4n) is 1.75. The van der Waals surface area contributed by atoms with E-state index in [9.17, 15) is 4.79 Å². The fraction of sp³-hybridized carbons (Fsp3) is 0.125. The van der Waals surface area contributed by atoms with Crippen molar-refractivity contribution < 1.29 is 9.53 Å². The third-order valence-corrected chi connectivity index (χ3v) is 2.85. The van der Waals surface area contributed by atoms with E-state index in [0.29, 0.717) is 18.1 Å². The van der Waals surface area contributed by atoms with Crippen LogP contribution < -0.4 is 11.1 Å². The van der Waals surface area contributed by atoms with Gasteiger partial charge >= 0.3 is 5.97 Å². The number of rotatable bonds is 4. The van der Waals surface area contributed by atoms with Crippen LogP contribution in [0, 0.1) is 0 Å². The van der Waals surface area contributed by atoms with Crippen molar-refractivity contribution in [2.24, 2.45) is 10.7 Å². The van der Waals surface area contributed by atoms with Gasteiger partial charge in [-0.3, -0.25) is 0 Å². The molecule has 2 aromatic carbocycles. The molecule has 0 fully saturated rings. The molecule has 0 atom stereocenters. The van der Waals surface area contributed by atoms with E-state index in [4.69, 9.17) is 5.73 Å². The SMILES string of the molecule is COC(=O)c1ccc(CN=C(N)Nc2ccccc2)cc1. The Morgan fingerprint density at radius 1 is 1.14 bits per heavy atom. The van der Waals surface area contributed by atoms with Crippen LogP contribution in [-0.2, 0) is 11.3 Å². The molecular weight excluding hydrogens is 266 g/mol. The van der Waals surface area contributed by atoms with Crippen molar-refractivity contribution in [1.29, 1.82) is 0 Å². The van der Waals surface area contributed by atoms with Crippen molar-refractivity contribution in [2.45, 2.75) is 6.54 Å². The van der Waals surface area contributed by atoms with Crippen molar-refractivity contribution in [1.82, 2.24) is 0 Å². The highest BCUT2D eigenvalue weighted by molar-refractivity contribution is 5.92. The highest BCUT2D eigenvalue weighted by atomic mass is 16.5. The van der Waals surface area contributed by atoms with E-state index in [0.717, 1.165) is 11.3 Å². The zero-order valence-corrected chi connectivity index (χ0v) is 11.7. The molecule has 0 bridgehead atoms. The predicted octanol–water partition coefficient (Wildman–Crippen LogP) is 2.40. The molecular formula is C16H17N3O2. The van der Waals surface area contributed by atoms with Crippen molar-refractivity contribution in [3.8, 4) is 0 Å². The second-order valence-electron chi connectivity index (χ2n) is 4.38. The first kappa shape index (κ1) is 14.6. The maximum Gasteiger partial charge on any atom is 0.337 e. The summed E-state index contributed by atoms with van der Waals surface area (Å²) >= 11 is 0. The first-order valence-corrected chi connectivity index (χ1v) is 6.48. The maximum absolute atomic E-state index is 11.3. The van der Waals surface area contributed by atoms with E-state index < -0.39 is 0 Å². The van der Waals surface area contributed by atoms with Gasteiger partial charge in [0.1, 0.15) is 0 Å². The second kappa shape index (κ2) is 7.09. The van der Waals surface area contributed by atoms with Gasteiger partial charge in [0.15, 0.2) is 5.96 Å². The Morgan fingerprint density at radius 2 is 1.81 bits per heavy atom. The lowest BCUT2D eigenvalue weighted by atomic mass is 10.1. The van der Waals surface area contributed by atoms with Gasteiger partial charge in [-0.2, -0.15) is 0 Å². The molecule has 21 heavy (non-hydrogen) atoms. The van der Waals surface area contributed by atoms with Gasteiger partial charge in [0.25, 0.3) is 0 Å². The monoisotopic (exact) mass is 283 g/mol. The number of aliphatic imine (C=N–C) groups is 1. The average molecular weight is 283 g/mol. The van der Waals surface area contributed by atoms with Gasteiger partial charge in [0.05, 0.1) is 19.2 Å². The van der Waals surface area contributed by atoms with Crippen molar-refractivity contribution >= 4 is 17.6 Å². The predicted molar refractivity (Wildman–Crippen MR) is 83.2 cm³/mol. The molecule has 3 N–H and O–H groups in total. The Balaban J connectivity index is 1.95. The minimum absolute atomic E-state index is 0.346. The number of esters is 1. The number of hydrogen-bond donors (Lipinski definition) is 2. The number of hydrogen-bond acceptors (Lipinski definition) is 3. The number of ether oxygens (including phenoxy) is 1. The summed E-state index contributed by atoms with van der Waals surface area (Å²) in [6, 6.07) is 16.6. The highest BCUT2D eigenvalue weighted by Crippen LogP contribution is 2.08. The summed E-state index contributed by atoms with van der Waals surface area (Å²) < 4.78 is 4.64. The van der Waals surface area contributed by atoms with E-state index in [2.05, 4.69) is 15.0 Å². The maximum atomic E-state index is 11.3. The largest absolute Gasteiger partial charge is 0.465 e. The molecule has 0 amide bonds. The molecule has 5 nitrogen and oxygen atoms in total. The third-order valence-electron chi connectivity index (χ3n) is 2.85. The van der Waals surface area contributed by atoms with Gasteiger partial charge < -0.3 is 15.8 Å². The number of nitrogens with two attached hydrogens (primary N) is 1. The van der Waals surface area contributed by atoms with Crippen LogP contribution in [-0.4, -0.2) is 19.0 Å². The average Bonchev–Trinajstić information content (AvgIpc) is 2.53. The third kappa shape index (κ3) is 4.35. The molecule has 0 saturated carbocycles. The number of benzene rings is 2. The lowest BCUT2D eigenvalue weighted by Crippen LogP contribution is -2.22. The quantitative estimate of drug-likeness (QED) is 0.513. The molecule has 0 heterocycles. The lowest BCUT2D eigenvalue weighted by Gasteiger charge is -2.05. The summed E-state index contributed by atoms with van der Waals surface area (Å²) in [7, 11) is 1.36. The van der Waals surface area contributed by atoms with Gasteiger partial charge in [0, 0.05) is 5.69 Å². The van der Waals surface area contributed by atoms with Gasteiger partial charge in [-0.15, -0.1) is 0 Å². The number of nitrogens with one attached hydrogen (secondary N) is 1. The molecule has 0 aliphatic carbocycles. The highest BCUT2D eigenvalue weighted by Gasteiger charge is 2.03. The summed E-state index contributed by atoms with van der Waals surface area (Å²) in [6.07, 6.45) is 0. The molecule has 0 saturated heterocycles. The van der Waals surface area contributed by atoms with Crippen molar-refractivity contribution in [3.63, 3.8) is 0 Å². The Hall–Kier alpha value is -2.82. The molecule has 0 radical (unpaired) electrons. The van der Waals surface area contributed by atoms with Gasteiger partial charge in [-0.25, -0.2) is 9.79 Å². The van der Waals surface area contributed by atoms with Gasteiger partial charge in [-0.05, 0) is 29.8 Å². The molecule has 2 rings (SSSR count). The molecule has 5 heteroatoms. The Kier molecular flexibility index (Phi) is 4.93. The number of carbonyl (C=O) groups is 1. The van der Waals surface area contributed by atoms with Crippen LogP contribution in [0.15, 0.2) is 59.6 Å². The summed E-state index contributed by atoms with van der Waals surface area (Å²) in [5.41, 5.74) is 8.18. The lowest BCUT2D eigenvalue weighted by molar-refractivity contribution is 0.0600. The first-order valence-electron chi connectivity index (χ1n) is 6.48. The van der Waals surface area contributed by atoms with Crippen LogP contribution in [0.5, 0.6) is 0 Å². The molecule has 0 aliphatic heterocycles.